The zero-order chi connectivity index (χ0) is 16.5. The third-order valence-electron chi connectivity index (χ3n) is 4.33. The van der Waals surface area contributed by atoms with Crippen molar-refractivity contribution in [1.82, 2.24) is 14.8 Å². The van der Waals surface area contributed by atoms with Crippen LogP contribution in [0.4, 0.5) is 0 Å². The molecule has 1 fully saturated rings. The molecule has 4 rings (SSSR count). The SMILES string of the molecule is CC(C)Cc1nc([C@@H]2CCOC2)n(-c2ccc3c(c2)OCCO3)n1. The molecular formula is C18H23N3O3. The standard InChI is InChI=1S/C18H23N3O3/c1-12(2)9-17-19-18(13-5-6-22-11-13)21(20-17)14-3-4-15-16(10-14)24-8-7-23-15/h3-4,10,12-13H,5-9,11H2,1-2H3/t13-/m1/s1. The Bertz CT molecular complexity index is 720. The smallest absolute Gasteiger partial charge is 0.163 e. The van der Waals surface area contributed by atoms with Crippen molar-refractivity contribution < 1.29 is 14.2 Å². The summed E-state index contributed by atoms with van der Waals surface area (Å²) < 4.78 is 18.8. The molecule has 0 spiro atoms. The zero-order valence-corrected chi connectivity index (χ0v) is 14.2. The molecule has 0 aliphatic carbocycles. The summed E-state index contributed by atoms with van der Waals surface area (Å²) in [6.07, 6.45) is 1.86. The molecule has 2 aliphatic heterocycles. The Morgan fingerprint density at radius 2 is 2.00 bits per heavy atom. The normalized spacial score (nSPS) is 19.9. The van der Waals surface area contributed by atoms with Gasteiger partial charge in [0, 0.05) is 25.0 Å². The largest absolute Gasteiger partial charge is 0.486 e. The Labute approximate surface area is 141 Å². The van der Waals surface area contributed by atoms with E-state index in [0.717, 1.165) is 48.3 Å². The third kappa shape index (κ3) is 2.98. The van der Waals surface area contributed by atoms with Crippen molar-refractivity contribution in [2.24, 2.45) is 5.92 Å². The van der Waals surface area contributed by atoms with Crippen LogP contribution in [0.1, 0.15) is 37.8 Å². The summed E-state index contributed by atoms with van der Waals surface area (Å²) in [5.41, 5.74) is 0.962. The van der Waals surface area contributed by atoms with Gasteiger partial charge in [-0.15, -0.1) is 0 Å². The van der Waals surface area contributed by atoms with Gasteiger partial charge in [-0.25, -0.2) is 9.67 Å². The number of aromatic nitrogens is 3. The summed E-state index contributed by atoms with van der Waals surface area (Å²) in [4.78, 5) is 4.82. The van der Waals surface area contributed by atoms with Gasteiger partial charge in [0.25, 0.3) is 0 Å². The van der Waals surface area contributed by atoms with Crippen LogP contribution >= 0.6 is 0 Å². The lowest BCUT2D eigenvalue weighted by molar-refractivity contribution is 0.171. The first-order valence-corrected chi connectivity index (χ1v) is 8.64. The number of hydrogen-bond donors (Lipinski definition) is 0. The molecule has 24 heavy (non-hydrogen) atoms. The first-order valence-electron chi connectivity index (χ1n) is 8.64. The van der Waals surface area contributed by atoms with E-state index in [-0.39, 0.29) is 0 Å². The van der Waals surface area contributed by atoms with Gasteiger partial charge >= 0.3 is 0 Å². The fourth-order valence-electron chi connectivity index (χ4n) is 3.18. The van der Waals surface area contributed by atoms with E-state index in [1.165, 1.54) is 0 Å². The highest BCUT2D eigenvalue weighted by atomic mass is 16.6. The lowest BCUT2D eigenvalue weighted by Gasteiger charge is -2.19. The summed E-state index contributed by atoms with van der Waals surface area (Å²) >= 11 is 0. The summed E-state index contributed by atoms with van der Waals surface area (Å²) in [6.45, 7) is 7.05. The Kier molecular flexibility index (Phi) is 4.14. The molecule has 3 heterocycles. The molecule has 0 bridgehead atoms. The molecule has 2 aromatic rings. The highest BCUT2D eigenvalue weighted by molar-refractivity contribution is 5.49. The number of benzene rings is 1. The minimum Gasteiger partial charge on any atom is -0.486 e. The molecule has 0 saturated carbocycles. The van der Waals surface area contributed by atoms with E-state index in [4.69, 9.17) is 24.3 Å². The fraction of sp³-hybridized carbons (Fsp3) is 0.556. The Morgan fingerprint density at radius 1 is 1.17 bits per heavy atom. The molecular weight excluding hydrogens is 306 g/mol. The van der Waals surface area contributed by atoms with E-state index in [1.54, 1.807) is 0 Å². The maximum Gasteiger partial charge on any atom is 0.163 e. The van der Waals surface area contributed by atoms with E-state index in [2.05, 4.69) is 13.8 Å². The van der Waals surface area contributed by atoms with Crippen LogP contribution < -0.4 is 9.47 Å². The second-order valence-electron chi connectivity index (χ2n) is 6.78. The molecule has 1 saturated heterocycles. The summed E-state index contributed by atoms with van der Waals surface area (Å²) in [7, 11) is 0. The Hall–Kier alpha value is -2.08. The van der Waals surface area contributed by atoms with E-state index in [0.29, 0.717) is 31.7 Å². The highest BCUT2D eigenvalue weighted by Gasteiger charge is 2.26. The topological polar surface area (TPSA) is 58.4 Å². The summed E-state index contributed by atoms with van der Waals surface area (Å²) in [5.74, 6) is 4.26. The van der Waals surface area contributed by atoms with Crippen LogP contribution in [0.15, 0.2) is 18.2 Å². The maximum absolute atomic E-state index is 5.71. The van der Waals surface area contributed by atoms with Crippen molar-refractivity contribution >= 4 is 0 Å². The van der Waals surface area contributed by atoms with Gasteiger partial charge in [-0.1, -0.05) is 13.8 Å². The minimum absolute atomic E-state index is 0.298. The molecule has 128 valence electrons. The molecule has 0 N–H and O–H groups in total. The van der Waals surface area contributed by atoms with Gasteiger partial charge in [-0.05, 0) is 24.5 Å². The van der Waals surface area contributed by atoms with Crippen LogP contribution in [0, 0.1) is 5.92 Å². The predicted molar refractivity (Wildman–Crippen MR) is 89.1 cm³/mol. The minimum atomic E-state index is 0.298. The fourth-order valence-corrected chi connectivity index (χ4v) is 3.18. The van der Waals surface area contributed by atoms with Crippen LogP contribution in [0.5, 0.6) is 11.5 Å². The quantitative estimate of drug-likeness (QED) is 0.863. The van der Waals surface area contributed by atoms with Gasteiger partial charge in [0.05, 0.1) is 12.3 Å². The van der Waals surface area contributed by atoms with Crippen LogP contribution in [0.3, 0.4) is 0 Å². The monoisotopic (exact) mass is 329 g/mol. The first kappa shape index (κ1) is 15.4. The van der Waals surface area contributed by atoms with Gasteiger partial charge in [0.15, 0.2) is 17.3 Å². The van der Waals surface area contributed by atoms with Crippen molar-refractivity contribution in [2.45, 2.75) is 32.6 Å². The average molecular weight is 329 g/mol. The third-order valence-corrected chi connectivity index (χ3v) is 4.33. The molecule has 1 aromatic heterocycles. The second kappa shape index (κ2) is 6.43. The Balaban J connectivity index is 1.73. The molecule has 6 nitrogen and oxygen atoms in total. The number of nitrogens with zero attached hydrogens (tertiary/aromatic N) is 3. The van der Waals surface area contributed by atoms with Gasteiger partial charge < -0.3 is 14.2 Å². The number of rotatable bonds is 4. The second-order valence-corrected chi connectivity index (χ2v) is 6.78. The van der Waals surface area contributed by atoms with Crippen LogP contribution in [0.2, 0.25) is 0 Å². The van der Waals surface area contributed by atoms with Crippen molar-refractivity contribution in [3.05, 3.63) is 29.8 Å². The van der Waals surface area contributed by atoms with Crippen molar-refractivity contribution in [3.8, 4) is 17.2 Å². The van der Waals surface area contributed by atoms with E-state index in [9.17, 15) is 0 Å². The van der Waals surface area contributed by atoms with Gasteiger partial charge in [0.1, 0.15) is 19.0 Å². The van der Waals surface area contributed by atoms with Crippen LogP contribution in [-0.2, 0) is 11.2 Å². The van der Waals surface area contributed by atoms with E-state index in [1.807, 2.05) is 22.9 Å². The zero-order valence-electron chi connectivity index (χ0n) is 14.2. The van der Waals surface area contributed by atoms with Gasteiger partial charge in [-0.2, -0.15) is 5.10 Å². The molecule has 2 aliphatic rings. The van der Waals surface area contributed by atoms with E-state index < -0.39 is 0 Å². The maximum atomic E-state index is 5.71. The molecule has 6 heteroatoms. The van der Waals surface area contributed by atoms with Crippen molar-refractivity contribution in [3.63, 3.8) is 0 Å². The summed E-state index contributed by atoms with van der Waals surface area (Å²) in [6, 6.07) is 5.95. The first-order chi connectivity index (χ1) is 11.7. The molecule has 0 radical (unpaired) electrons. The lowest BCUT2D eigenvalue weighted by atomic mass is 10.1. The predicted octanol–water partition coefficient (Wildman–Crippen LogP) is 2.74. The number of fused-ring (bicyclic) bond motifs is 1. The van der Waals surface area contributed by atoms with E-state index >= 15 is 0 Å². The van der Waals surface area contributed by atoms with Crippen LogP contribution in [0.25, 0.3) is 5.69 Å². The molecule has 1 aromatic carbocycles. The van der Waals surface area contributed by atoms with Gasteiger partial charge in [0.2, 0.25) is 0 Å². The average Bonchev–Trinajstić information content (AvgIpc) is 3.23. The lowest BCUT2D eigenvalue weighted by Crippen LogP contribution is -2.16. The van der Waals surface area contributed by atoms with Gasteiger partial charge in [-0.3, -0.25) is 0 Å². The molecule has 0 unspecified atom stereocenters. The van der Waals surface area contributed by atoms with Crippen LogP contribution in [-0.4, -0.2) is 41.2 Å². The highest BCUT2D eigenvalue weighted by Crippen LogP contribution is 2.33. The van der Waals surface area contributed by atoms with Crippen molar-refractivity contribution in [2.75, 3.05) is 26.4 Å². The summed E-state index contributed by atoms with van der Waals surface area (Å²) in [5, 5.41) is 4.77. The molecule has 1 atom stereocenters. The number of hydrogen-bond acceptors (Lipinski definition) is 5. The number of ether oxygens (including phenoxy) is 3. The Morgan fingerprint density at radius 3 is 2.75 bits per heavy atom. The molecule has 0 amide bonds. The van der Waals surface area contributed by atoms with Crippen molar-refractivity contribution in [1.29, 1.82) is 0 Å².